The van der Waals surface area contributed by atoms with E-state index in [1.54, 1.807) is 6.07 Å². The van der Waals surface area contributed by atoms with Gasteiger partial charge < -0.3 is 15.2 Å². The number of guanidine groups is 1. The Hall–Kier alpha value is -2.89. The zero-order valence-electron chi connectivity index (χ0n) is 15.9. The van der Waals surface area contributed by atoms with Crippen LogP contribution in [0.2, 0.25) is 0 Å². The average Bonchev–Trinajstić information content (AvgIpc) is 2.98. The van der Waals surface area contributed by atoms with Crippen LogP contribution in [0, 0.1) is 12.7 Å². The van der Waals surface area contributed by atoms with E-state index in [2.05, 4.69) is 31.2 Å². The molecule has 1 heterocycles. The predicted molar refractivity (Wildman–Crippen MR) is 108 cm³/mol. The first-order valence-corrected chi connectivity index (χ1v) is 9.36. The maximum absolute atomic E-state index is 13.3. The fourth-order valence-corrected chi connectivity index (χ4v) is 3.07. The standard InChI is InChI=1S/C21H26FN5/c1-3-23-21(25-15-17-8-6-9-18(22)14-17)24-12-7-13-27-16(2)26-19-10-4-5-11-20(19)27/h4-6,8-11,14H,3,7,12-13,15H2,1-2H3,(H2,23,24,25). The molecular weight excluding hydrogens is 341 g/mol. The van der Waals surface area contributed by atoms with Gasteiger partial charge in [0, 0.05) is 19.6 Å². The molecule has 0 bridgehead atoms. The van der Waals surface area contributed by atoms with Crippen molar-refractivity contribution in [3.63, 3.8) is 0 Å². The minimum Gasteiger partial charge on any atom is -0.357 e. The summed E-state index contributed by atoms with van der Waals surface area (Å²) < 4.78 is 15.5. The summed E-state index contributed by atoms with van der Waals surface area (Å²) in [5.41, 5.74) is 3.06. The first-order chi connectivity index (χ1) is 13.2. The molecule has 0 atom stereocenters. The summed E-state index contributed by atoms with van der Waals surface area (Å²) in [5.74, 6) is 1.54. The lowest BCUT2D eigenvalue weighted by molar-refractivity contribution is 0.622. The lowest BCUT2D eigenvalue weighted by atomic mass is 10.2. The van der Waals surface area contributed by atoms with Gasteiger partial charge in [0.15, 0.2) is 5.96 Å². The number of nitrogens with one attached hydrogen (secondary N) is 2. The second kappa shape index (κ2) is 9.16. The van der Waals surface area contributed by atoms with Gasteiger partial charge in [-0.2, -0.15) is 0 Å². The van der Waals surface area contributed by atoms with Gasteiger partial charge in [-0.3, -0.25) is 0 Å². The van der Waals surface area contributed by atoms with Crippen LogP contribution in [0.1, 0.15) is 24.7 Å². The van der Waals surface area contributed by atoms with Gasteiger partial charge in [0.1, 0.15) is 11.6 Å². The van der Waals surface area contributed by atoms with Crippen LogP contribution in [0.3, 0.4) is 0 Å². The number of hydrogen-bond donors (Lipinski definition) is 2. The summed E-state index contributed by atoms with van der Waals surface area (Å²) in [6.45, 7) is 6.97. The van der Waals surface area contributed by atoms with E-state index in [1.807, 2.05) is 38.1 Å². The number of para-hydroxylation sites is 2. The molecule has 0 spiro atoms. The molecule has 6 heteroatoms. The van der Waals surface area contributed by atoms with Crippen LogP contribution >= 0.6 is 0 Å². The Balaban J connectivity index is 1.55. The highest BCUT2D eigenvalue weighted by atomic mass is 19.1. The van der Waals surface area contributed by atoms with Gasteiger partial charge in [-0.15, -0.1) is 0 Å². The van der Waals surface area contributed by atoms with Crippen LogP contribution in [0.15, 0.2) is 53.5 Å². The van der Waals surface area contributed by atoms with Crippen LogP contribution < -0.4 is 10.6 Å². The van der Waals surface area contributed by atoms with Gasteiger partial charge in [0.25, 0.3) is 0 Å². The summed E-state index contributed by atoms with van der Waals surface area (Å²) in [6.07, 6.45) is 0.950. The van der Waals surface area contributed by atoms with E-state index in [1.165, 1.54) is 17.6 Å². The molecule has 142 valence electrons. The Kier molecular flexibility index (Phi) is 6.41. The van der Waals surface area contributed by atoms with Crippen molar-refractivity contribution in [3.05, 3.63) is 65.7 Å². The number of benzene rings is 2. The number of rotatable bonds is 7. The minimum atomic E-state index is -0.233. The third kappa shape index (κ3) is 5.06. The molecule has 3 aromatic rings. The SMILES string of the molecule is CCNC(=NCc1cccc(F)c1)NCCCn1c(C)nc2ccccc21. The fourth-order valence-electron chi connectivity index (χ4n) is 3.07. The molecule has 2 aromatic carbocycles. The van der Waals surface area contributed by atoms with Crippen molar-refractivity contribution in [2.75, 3.05) is 13.1 Å². The molecular formula is C21H26FN5. The molecule has 0 saturated heterocycles. The molecule has 5 nitrogen and oxygen atoms in total. The van der Waals surface area contributed by atoms with Crippen LogP contribution in [0.25, 0.3) is 11.0 Å². The Bertz CT molecular complexity index is 916. The van der Waals surface area contributed by atoms with E-state index >= 15 is 0 Å². The Labute approximate surface area is 159 Å². The second-order valence-corrected chi connectivity index (χ2v) is 6.40. The van der Waals surface area contributed by atoms with Crippen molar-refractivity contribution in [2.24, 2.45) is 4.99 Å². The Morgan fingerprint density at radius 3 is 2.81 bits per heavy atom. The lowest BCUT2D eigenvalue weighted by Gasteiger charge is -2.12. The number of nitrogens with zero attached hydrogens (tertiary/aromatic N) is 3. The van der Waals surface area contributed by atoms with Gasteiger partial charge in [0.05, 0.1) is 17.6 Å². The van der Waals surface area contributed by atoms with E-state index in [9.17, 15) is 4.39 Å². The number of aliphatic imine (C=N–C) groups is 1. The fraction of sp³-hybridized carbons (Fsp3) is 0.333. The topological polar surface area (TPSA) is 54.2 Å². The maximum Gasteiger partial charge on any atom is 0.191 e. The summed E-state index contributed by atoms with van der Waals surface area (Å²) in [7, 11) is 0. The molecule has 0 saturated carbocycles. The summed E-state index contributed by atoms with van der Waals surface area (Å²) in [6, 6.07) is 14.7. The second-order valence-electron chi connectivity index (χ2n) is 6.40. The third-order valence-corrected chi connectivity index (χ3v) is 4.35. The van der Waals surface area contributed by atoms with Crippen molar-refractivity contribution in [1.29, 1.82) is 0 Å². The van der Waals surface area contributed by atoms with E-state index in [0.29, 0.717) is 6.54 Å². The largest absolute Gasteiger partial charge is 0.357 e. The quantitative estimate of drug-likeness (QED) is 0.381. The predicted octanol–water partition coefficient (Wildman–Crippen LogP) is 3.63. The smallest absolute Gasteiger partial charge is 0.191 e. The number of aromatic nitrogens is 2. The van der Waals surface area contributed by atoms with Gasteiger partial charge >= 0.3 is 0 Å². The highest BCUT2D eigenvalue weighted by Crippen LogP contribution is 2.15. The molecule has 1 aromatic heterocycles. The number of halogens is 1. The van der Waals surface area contributed by atoms with Crippen LogP contribution in [0.4, 0.5) is 4.39 Å². The highest BCUT2D eigenvalue weighted by molar-refractivity contribution is 5.79. The Morgan fingerprint density at radius 2 is 2.00 bits per heavy atom. The van der Waals surface area contributed by atoms with Crippen LogP contribution in [0.5, 0.6) is 0 Å². The van der Waals surface area contributed by atoms with Crippen LogP contribution in [-0.2, 0) is 13.1 Å². The zero-order valence-corrected chi connectivity index (χ0v) is 15.9. The highest BCUT2D eigenvalue weighted by Gasteiger charge is 2.06. The normalized spacial score (nSPS) is 11.7. The van der Waals surface area contributed by atoms with E-state index in [0.717, 1.165) is 48.9 Å². The molecule has 0 radical (unpaired) electrons. The van der Waals surface area contributed by atoms with Crippen molar-refractivity contribution in [2.45, 2.75) is 33.4 Å². The number of hydrogen-bond acceptors (Lipinski definition) is 2. The summed E-state index contributed by atoms with van der Waals surface area (Å²) in [5, 5.41) is 6.58. The molecule has 0 aliphatic carbocycles. The number of aryl methyl sites for hydroxylation is 2. The molecule has 0 amide bonds. The van der Waals surface area contributed by atoms with E-state index in [4.69, 9.17) is 0 Å². The van der Waals surface area contributed by atoms with Gasteiger partial charge in [-0.25, -0.2) is 14.4 Å². The van der Waals surface area contributed by atoms with E-state index < -0.39 is 0 Å². The summed E-state index contributed by atoms with van der Waals surface area (Å²) >= 11 is 0. The molecule has 27 heavy (non-hydrogen) atoms. The monoisotopic (exact) mass is 367 g/mol. The van der Waals surface area contributed by atoms with Gasteiger partial charge in [-0.05, 0) is 50.1 Å². The van der Waals surface area contributed by atoms with E-state index in [-0.39, 0.29) is 5.82 Å². The molecule has 0 aliphatic heterocycles. The average molecular weight is 367 g/mol. The molecule has 0 unspecified atom stereocenters. The van der Waals surface area contributed by atoms with Crippen molar-refractivity contribution >= 4 is 17.0 Å². The summed E-state index contributed by atoms with van der Waals surface area (Å²) in [4.78, 5) is 9.14. The number of imidazole rings is 1. The third-order valence-electron chi connectivity index (χ3n) is 4.35. The molecule has 0 aliphatic rings. The zero-order chi connectivity index (χ0) is 19.1. The molecule has 0 fully saturated rings. The van der Waals surface area contributed by atoms with Crippen LogP contribution in [-0.4, -0.2) is 28.6 Å². The maximum atomic E-state index is 13.3. The van der Waals surface area contributed by atoms with Gasteiger partial charge in [-0.1, -0.05) is 24.3 Å². The van der Waals surface area contributed by atoms with Gasteiger partial charge in [0.2, 0.25) is 0 Å². The van der Waals surface area contributed by atoms with Crippen molar-refractivity contribution in [1.82, 2.24) is 20.2 Å². The first kappa shape index (κ1) is 18.9. The first-order valence-electron chi connectivity index (χ1n) is 9.36. The minimum absolute atomic E-state index is 0.233. The van der Waals surface area contributed by atoms with Crippen molar-refractivity contribution in [3.8, 4) is 0 Å². The molecule has 2 N–H and O–H groups in total. The molecule has 3 rings (SSSR count). The van der Waals surface area contributed by atoms with Crippen molar-refractivity contribution < 1.29 is 4.39 Å². The number of fused-ring (bicyclic) bond motifs is 1. The Morgan fingerprint density at radius 1 is 1.15 bits per heavy atom. The lowest BCUT2D eigenvalue weighted by Crippen LogP contribution is -2.38.